The maximum Gasteiger partial charge on any atom is 0.248 e. The smallest absolute Gasteiger partial charge is 0.248 e. The molecule has 1 amide bonds. The molecule has 1 fully saturated rings. The monoisotopic (exact) mass is 281 g/mol. The van der Waals surface area contributed by atoms with Gasteiger partial charge in [0.15, 0.2) is 0 Å². The molecule has 2 N–H and O–H groups in total. The lowest BCUT2D eigenvalue weighted by atomic mass is 10.1. The molecule has 1 saturated heterocycles. The van der Waals surface area contributed by atoms with Crippen molar-refractivity contribution in [2.75, 3.05) is 29.9 Å². The molecule has 5 heteroatoms. The number of hydrogen-bond donors (Lipinski definition) is 2. The molecule has 0 aliphatic carbocycles. The van der Waals surface area contributed by atoms with E-state index in [0.717, 1.165) is 35.5 Å². The van der Waals surface area contributed by atoms with E-state index in [4.69, 9.17) is 0 Å². The standard InChI is InChI=1S/C11H12BrN3O/c12-7-1-2-8-9(5-7)15-4-3-13-6-10(15)11(16)14-8/h1-2,5,10,13H,3-4,6H2,(H,14,16). The van der Waals surface area contributed by atoms with Gasteiger partial charge in [-0.05, 0) is 18.2 Å². The summed E-state index contributed by atoms with van der Waals surface area (Å²) in [4.78, 5) is 14.0. The second-order valence-corrected chi connectivity index (χ2v) is 4.98. The number of nitrogens with zero attached hydrogens (tertiary/aromatic N) is 1. The van der Waals surface area contributed by atoms with Crippen LogP contribution in [-0.2, 0) is 4.79 Å². The molecule has 1 aromatic carbocycles. The van der Waals surface area contributed by atoms with Gasteiger partial charge in [0.2, 0.25) is 5.91 Å². The van der Waals surface area contributed by atoms with Crippen molar-refractivity contribution < 1.29 is 4.79 Å². The van der Waals surface area contributed by atoms with Crippen LogP contribution in [0.5, 0.6) is 0 Å². The quantitative estimate of drug-likeness (QED) is 0.751. The summed E-state index contributed by atoms with van der Waals surface area (Å²) in [6, 6.07) is 5.88. The molecule has 1 atom stereocenters. The van der Waals surface area contributed by atoms with Crippen LogP contribution in [0.1, 0.15) is 0 Å². The molecule has 3 rings (SSSR count). The molecule has 2 aliphatic rings. The minimum Gasteiger partial charge on any atom is -0.355 e. The number of anilines is 2. The molecular weight excluding hydrogens is 270 g/mol. The fourth-order valence-electron chi connectivity index (χ4n) is 2.29. The summed E-state index contributed by atoms with van der Waals surface area (Å²) in [5.74, 6) is 0.0852. The Morgan fingerprint density at radius 2 is 2.31 bits per heavy atom. The van der Waals surface area contributed by atoms with Crippen molar-refractivity contribution >= 4 is 33.2 Å². The molecule has 1 unspecified atom stereocenters. The van der Waals surface area contributed by atoms with E-state index < -0.39 is 0 Å². The number of piperazine rings is 1. The van der Waals surface area contributed by atoms with Gasteiger partial charge in [-0.25, -0.2) is 0 Å². The molecule has 1 aromatic rings. The van der Waals surface area contributed by atoms with Crippen LogP contribution in [0.3, 0.4) is 0 Å². The number of nitrogens with one attached hydrogen (secondary N) is 2. The molecule has 0 radical (unpaired) electrons. The molecular formula is C11H12BrN3O. The van der Waals surface area contributed by atoms with E-state index in [1.54, 1.807) is 0 Å². The van der Waals surface area contributed by atoms with Gasteiger partial charge in [-0.3, -0.25) is 4.79 Å². The Morgan fingerprint density at radius 1 is 1.44 bits per heavy atom. The first-order valence-corrected chi connectivity index (χ1v) is 6.13. The van der Waals surface area contributed by atoms with E-state index in [9.17, 15) is 4.79 Å². The Labute approximate surface area is 102 Å². The SMILES string of the molecule is O=C1Nc2ccc(Br)cc2N2CCNCC12. The summed E-state index contributed by atoms with van der Waals surface area (Å²) in [6.45, 7) is 2.52. The number of halogens is 1. The lowest BCUT2D eigenvalue weighted by Gasteiger charge is -2.41. The van der Waals surface area contributed by atoms with Gasteiger partial charge in [-0.1, -0.05) is 15.9 Å². The third-order valence-electron chi connectivity index (χ3n) is 3.07. The average Bonchev–Trinajstić information content (AvgIpc) is 2.31. The van der Waals surface area contributed by atoms with E-state index in [1.165, 1.54) is 0 Å². The maximum atomic E-state index is 11.9. The Kier molecular flexibility index (Phi) is 2.37. The molecule has 0 bridgehead atoms. The summed E-state index contributed by atoms with van der Waals surface area (Å²) in [7, 11) is 0. The summed E-state index contributed by atoms with van der Waals surface area (Å²) < 4.78 is 1.04. The van der Waals surface area contributed by atoms with Gasteiger partial charge in [0, 0.05) is 24.1 Å². The highest BCUT2D eigenvalue weighted by molar-refractivity contribution is 9.10. The Balaban J connectivity index is 2.07. The number of benzene rings is 1. The highest BCUT2D eigenvalue weighted by Gasteiger charge is 2.34. The molecule has 0 spiro atoms. The van der Waals surface area contributed by atoms with E-state index in [1.807, 2.05) is 12.1 Å². The lowest BCUT2D eigenvalue weighted by Crippen LogP contribution is -2.58. The van der Waals surface area contributed by atoms with Crippen molar-refractivity contribution in [2.24, 2.45) is 0 Å². The van der Waals surface area contributed by atoms with E-state index in [-0.39, 0.29) is 11.9 Å². The lowest BCUT2D eigenvalue weighted by molar-refractivity contribution is -0.117. The van der Waals surface area contributed by atoms with E-state index in [0.29, 0.717) is 0 Å². The first-order chi connectivity index (χ1) is 7.75. The third-order valence-corrected chi connectivity index (χ3v) is 3.57. The minimum atomic E-state index is -0.0736. The van der Waals surface area contributed by atoms with Crippen LogP contribution in [0.15, 0.2) is 22.7 Å². The summed E-state index contributed by atoms with van der Waals surface area (Å²) in [5.41, 5.74) is 2.02. The minimum absolute atomic E-state index is 0.0736. The van der Waals surface area contributed by atoms with Crippen molar-refractivity contribution in [1.29, 1.82) is 0 Å². The zero-order valence-corrected chi connectivity index (χ0v) is 10.3. The van der Waals surface area contributed by atoms with Gasteiger partial charge >= 0.3 is 0 Å². The number of hydrogen-bond acceptors (Lipinski definition) is 3. The molecule has 0 aromatic heterocycles. The number of rotatable bonds is 0. The van der Waals surface area contributed by atoms with Crippen LogP contribution < -0.4 is 15.5 Å². The van der Waals surface area contributed by atoms with Crippen LogP contribution >= 0.6 is 15.9 Å². The van der Waals surface area contributed by atoms with Crippen LogP contribution in [0.2, 0.25) is 0 Å². The maximum absolute atomic E-state index is 11.9. The van der Waals surface area contributed by atoms with Crippen molar-refractivity contribution in [3.8, 4) is 0 Å². The third kappa shape index (κ3) is 1.51. The normalized spacial score (nSPS) is 23.4. The van der Waals surface area contributed by atoms with E-state index in [2.05, 4.69) is 37.5 Å². The first kappa shape index (κ1) is 10.1. The van der Waals surface area contributed by atoms with Gasteiger partial charge in [-0.15, -0.1) is 0 Å². The molecule has 0 saturated carbocycles. The highest BCUT2D eigenvalue weighted by Crippen LogP contribution is 2.34. The van der Waals surface area contributed by atoms with Gasteiger partial charge in [-0.2, -0.15) is 0 Å². The van der Waals surface area contributed by atoms with E-state index >= 15 is 0 Å². The van der Waals surface area contributed by atoms with Crippen molar-refractivity contribution in [1.82, 2.24) is 5.32 Å². The summed E-state index contributed by atoms with van der Waals surface area (Å²) in [5, 5.41) is 6.19. The number of amides is 1. The molecule has 2 aliphatic heterocycles. The Bertz CT molecular complexity index is 449. The van der Waals surface area contributed by atoms with Gasteiger partial charge < -0.3 is 15.5 Å². The van der Waals surface area contributed by atoms with Gasteiger partial charge in [0.25, 0.3) is 0 Å². The molecule has 84 valence electrons. The van der Waals surface area contributed by atoms with Crippen LogP contribution in [0, 0.1) is 0 Å². The Morgan fingerprint density at radius 3 is 3.19 bits per heavy atom. The van der Waals surface area contributed by atoms with Gasteiger partial charge in [0.1, 0.15) is 6.04 Å². The van der Waals surface area contributed by atoms with Crippen LogP contribution in [0.25, 0.3) is 0 Å². The first-order valence-electron chi connectivity index (χ1n) is 5.33. The molecule has 4 nitrogen and oxygen atoms in total. The fraction of sp³-hybridized carbons (Fsp3) is 0.364. The number of carbonyl (C=O) groups is 1. The summed E-state index contributed by atoms with van der Waals surface area (Å²) in [6.07, 6.45) is 0. The number of carbonyl (C=O) groups excluding carboxylic acids is 1. The zero-order chi connectivity index (χ0) is 11.1. The predicted molar refractivity (Wildman–Crippen MR) is 66.8 cm³/mol. The predicted octanol–water partition coefficient (Wildman–Crippen LogP) is 1.18. The van der Waals surface area contributed by atoms with Gasteiger partial charge in [0.05, 0.1) is 11.4 Å². The fourth-order valence-corrected chi connectivity index (χ4v) is 2.64. The largest absolute Gasteiger partial charge is 0.355 e. The average molecular weight is 282 g/mol. The van der Waals surface area contributed by atoms with Crippen molar-refractivity contribution in [3.05, 3.63) is 22.7 Å². The second-order valence-electron chi connectivity index (χ2n) is 4.06. The highest BCUT2D eigenvalue weighted by atomic mass is 79.9. The zero-order valence-electron chi connectivity index (χ0n) is 8.66. The molecule has 2 heterocycles. The molecule has 16 heavy (non-hydrogen) atoms. The van der Waals surface area contributed by atoms with Crippen LogP contribution in [0.4, 0.5) is 11.4 Å². The topological polar surface area (TPSA) is 44.4 Å². The second kappa shape index (κ2) is 3.75. The van der Waals surface area contributed by atoms with Crippen LogP contribution in [-0.4, -0.2) is 31.6 Å². The Hall–Kier alpha value is -1.07. The van der Waals surface area contributed by atoms with Crippen molar-refractivity contribution in [2.45, 2.75) is 6.04 Å². The van der Waals surface area contributed by atoms with Crippen molar-refractivity contribution in [3.63, 3.8) is 0 Å². The number of fused-ring (bicyclic) bond motifs is 3. The summed E-state index contributed by atoms with van der Waals surface area (Å²) >= 11 is 3.47.